The lowest BCUT2D eigenvalue weighted by molar-refractivity contribution is 0.101. The first-order valence-corrected chi connectivity index (χ1v) is 5.88. The topological polar surface area (TPSA) is 42.0 Å². The summed E-state index contributed by atoms with van der Waals surface area (Å²) in [5.74, 6) is 0.809. The molecule has 0 amide bonds. The second-order valence-electron chi connectivity index (χ2n) is 4.40. The van der Waals surface area contributed by atoms with Gasteiger partial charge in [-0.2, -0.15) is 0 Å². The molecule has 0 saturated heterocycles. The molecule has 0 fully saturated rings. The number of ketones is 1. The van der Waals surface area contributed by atoms with Crippen LogP contribution in [0.3, 0.4) is 0 Å². The van der Waals surface area contributed by atoms with Gasteiger partial charge in [-0.25, -0.2) is 4.98 Å². The van der Waals surface area contributed by atoms with E-state index in [1.807, 2.05) is 50.2 Å². The number of pyridine rings is 1. The number of para-hydroxylation sites is 1. The Balaban J connectivity index is 2.37. The number of aryl methyl sites for hydroxylation is 2. The fraction of sp³-hybridized carbons (Fsp3) is 0.200. The highest BCUT2D eigenvalue weighted by Gasteiger charge is 2.07. The molecular weight excluding hydrogens is 224 g/mol. The quantitative estimate of drug-likeness (QED) is 0.833. The minimum absolute atomic E-state index is 0.0440. The highest BCUT2D eigenvalue weighted by atomic mass is 16.1. The molecule has 0 spiro atoms. The maximum atomic E-state index is 11.5. The van der Waals surface area contributed by atoms with Crippen LogP contribution in [0.4, 0.5) is 11.5 Å². The average molecular weight is 240 g/mol. The number of aromatic nitrogens is 1. The number of nitrogens with zero attached hydrogens (tertiary/aromatic N) is 1. The van der Waals surface area contributed by atoms with Gasteiger partial charge in [0.2, 0.25) is 0 Å². The van der Waals surface area contributed by atoms with Crippen LogP contribution < -0.4 is 5.32 Å². The van der Waals surface area contributed by atoms with Crippen LogP contribution in [0.1, 0.15) is 28.5 Å². The van der Waals surface area contributed by atoms with Crippen LogP contribution in [-0.2, 0) is 0 Å². The minimum Gasteiger partial charge on any atom is -0.340 e. The summed E-state index contributed by atoms with van der Waals surface area (Å²) in [5.41, 5.74) is 3.57. The smallest absolute Gasteiger partial charge is 0.161 e. The van der Waals surface area contributed by atoms with Crippen molar-refractivity contribution in [3.63, 3.8) is 0 Å². The van der Waals surface area contributed by atoms with Crippen molar-refractivity contribution >= 4 is 17.3 Å². The van der Waals surface area contributed by atoms with Crippen molar-refractivity contribution in [1.29, 1.82) is 0 Å². The first-order valence-electron chi connectivity index (χ1n) is 5.88. The van der Waals surface area contributed by atoms with Crippen LogP contribution in [0, 0.1) is 13.8 Å². The van der Waals surface area contributed by atoms with E-state index in [0.29, 0.717) is 5.56 Å². The summed E-state index contributed by atoms with van der Waals surface area (Å²) in [6, 6.07) is 11.4. The summed E-state index contributed by atoms with van der Waals surface area (Å²) in [6.45, 7) is 5.54. The fourth-order valence-corrected chi connectivity index (χ4v) is 1.94. The highest BCUT2D eigenvalue weighted by Crippen LogP contribution is 2.21. The third-order valence-corrected chi connectivity index (χ3v) is 2.67. The Morgan fingerprint density at radius 1 is 1.17 bits per heavy atom. The van der Waals surface area contributed by atoms with E-state index in [2.05, 4.69) is 10.3 Å². The molecule has 1 aromatic heterocycles. The largest absolute Gasteiger partial charge is 0.340 e. The van der Waals surface area contributed by atoms with Crippen molar-refractivity contribution in [2.24, 2.45) is 0 Å². The number of carbonyl (C=O) groups is 1. The average Bonchev–Trinajstić information content (AvgIpc) is 2.27. The zero-order valence-corrected chi connectivity index (χ0v) is 10.8. The Kier molecular flexibility index (Phi) is 3.42. The van der Waals surface area contributed by atoms with Crippen LogP contribution in [0.2, 0.25) is 0 Å². The molecule has 2 aromatic rings. The molecule has 0 radical (unpaired) electrons. The van der Waals surface area contributed by atoms with E-state index in [9.17, 15) is 4.79 Å². The lowest BCUT2D eigenvalue weighted by Crippen LogP contribution is -2.02. The first kappa shape index (κ1) is 12.3. The Hall–Kier alpha value is -2.16. The second-order valence-corrected chi connectivity index (χ2v) is 4.40. The molecule has 92 valence electrons. The SMILES string of the molecule is CC(=O)c1ccccc1Nc1cc(C)cc(C)n1. The molecule has 2 rings (SSSR count). The number of nitrogens with one attached hydrogen (secondary N) is 1. The van der Waals surface area contributed by atoms with E-state index >= 15 is 0 Å². The number of benzene rings is 1. The van der Waals surface area contributed by atoms with Gasteiger partial charge in [0.15, 0.2) is 5.78 Å². The van der Waals surface area contributed by atoms with E-state index in [0.717, 1.165) is 22.8 Å². The monoisotopic (exact) mass is 240 g/mol. The van der Waals surface area contributed by atoms with Crippen LogP contribution in [0.15, 0.2) is 36.4 Å². The third-order valence-electron chi connectivity index (χ3n) is 2.67. The number of Topliss-reactive ketones (excluding diaryl/α,β-unsaturated/α-hetero) is 1. The second kappa shape index (κ2) is 5.00. The van der Waals surface area contributed by atoms with Crippen molar-refractivity contribution in [1.82, 2.24) is 4.98 Å². The van der Waals surface area contributed by atoms with E-state index in [4.69, 9.17) is 0 Å². The molecule has 0 atom stereocenters. The highest BCUT2D eigenvalue weighted by molar-refractivity contribution is 6.00. The van der Waals surface area contributed by atoms with Crippen molar-refractivity contribution in [3.8, 4) is 0 Å². The van der Waals surface area contributed by atoms with Crippen LogP contribution in [0.25, 0.3) is 0 Å². The van der Waals surface area contributed by atoms with Gasteiger partial charge in [0.05, 0.1) is 5.69 Å². The van der Waals surface area contributed by atoms with Crippen LogP contribution in [0.5, 0.6) is 0 Å². The van der Waals surface area contributed by atoms with Crippen molar-refractivity contribution in [3.05, 3.63) is 53.2 Å². The maximum Gasteiger partial charge on any atom is 0.161 e. The Labute approximate surface area is 107 Å². The van der Waals surface area contributed by atoms with Gasteiger partial charge < -0.3 is 5.32 Å². The molecule has 0 unspecified atom stereocenters. The zero-order chi connectivity index (χ0) is 13.1. The van der Waals surface area contributed by atoms with Gasteiger partial charge in [-0.05, 0) is 50.6 Å². The molecule has 0 bridgehead atoms. The van der Waals surface area contributed by atoms with Gasteiger partial charge >= 0.3 is 0 Å². The Morgan fingerprint density at radius 3 is 2.56 bits per heavy atom. The van der Waals surface area contributed by atoms with Gasteiger partial charge in [-0.3, -0.25) is 4.79 Å². The predicted molar refractivity (Wildman–Crippen MR) is 73.4 cm³/mol. The summed E-state index contributed by atoms with van der Waals surface area (Å²) >= 11 is 0. The minimum atomic E-state index is 0.0440. The third kappa shape index (κ3) is 2.74. The number of anilines is 2. The molecular formula is C15H16N2O. The molecule has 3 nitrogen and oxygen atoms in total. The molecule has 0 aliphatic rings. The van der Waals surface area contributed by atoms with Crippen molar-refractivity contribution < 1.29 is 4.79 Å². The summed E-state index contributed by atoms with van der Waals surface area (Å²) in [6.07, 6.45) is 0. The summed E-state index contributed by atoms with van der Waals surface area (Å²) in [4.78, 5) is 15.9. The van der Waals surface area contributed by atoms with Gasteiger partial charge in [-0.15, -0.1) is 0 Å². The molecule has 3 heteroatoms. The van der Waals surface area contributed by atoms with E-state index in [-0.39, 0.29) is 5.78 Å². The molecule has 0 saturated carbocycles. The van der Waals surface area contributed by atoms with Crippen molar-refractivity contribution in [2.75, 3.05) is 5.32 Å². The summed E-state index contributed by atoms with van der Waals surface area (Å²) in [7, 11) is 0. The standard InChI is InChI=1S/C15H16N2O/c1-10-8-11(2)16-15(9-10)17-14-7-5-4-6-13(14)12(3)18/h4-9H,1-3H3,(H,16,17). The molecule has 0 aliphatic heterocycles. The van der Waals surface area contributed by atoms with E-state index < -0.39 is 0 Å². The molecule has 18 heavy (non-hydrogen) atoms. The van der Waals surface area contributed by atoms with Crippen LogP contribution in [-0.4, -0.2) is 10.8 Å². The molecule has 1 N–H and O–H groups in total. The van der Waals surface area contributed by atoms with Crippen LogP contribution >= 0.6 is 0 Å². The summed E-state index contributed by atoms with van der Waals surface area (Å²) in [5, 5.41) is 3.20. The van der Waals surface area contributed by atoms with Gasteiger partial charge in [-0.1, -0.05) is 12.1 Å². The lowest BCUT2D eigenvalue weighted by Gasteiger charge is -2.10. The van der Waals surface area contributed by atoms with Gasteiger partial charge in [0.1, 0.15) is 5.82 Å². The predicted octanol–water partition coefficient (Wildman–Crippen LogP) is 3.64. The first-order chi connectivity index (χ1) is 8.56. The number of carbonyl (C=O) groups excluding carboxylic acids is 1. The zero-order valence-electron chi connectivity index (χ0n) is 10.8. The molecule has 1 aromatic carbocycles. The summed E-state index contributed by atoms with van der Waals surface area (Å²) < 4.78 is 0. The fourth-order valence-electron chi connectivity index (χ4n) is 1.94. The lowest BCUT2D eigenvalue weighted by atomic mass is 10.1. The normalized spacial score (nSPS) is 10.2. The maximum absolute atomic E-state index is 11.5. The Morgan fingerprint density at radius 2 is 1.89 bits per heavy atom. The molecule has 0 aliphatic carbocycles. The van der Waals surface area contributed by atoms with E-state index in [1.54, 1.807) is 6.92 Å². The number of hydrogen-bond donors (Lipinski definition) is 1. The van der Waals surface area contributed by atoms with Gasteiger partial charge in [0.25, 0.3) is 0 Å². The number of rotatable bonds is 3. The number of hydrogen-bond acceptors (Lipinski definition) is 3. The Bertz CT molecular complexity index is 571. The van der Waals surface area contributed by atoms with E-state index in [1.165, 1.54) is 0 Å². The van der Waals surface area contributed by atoms with Gasteiger partial charge in [0, 0.05) is 11.3 Å². The van der Waals surface area contributed by atoms with Crippen molar-refractivity contribution in [2.45, 2.75) is 20.8 Å². The molecule has 1 heterocycles.